The molecule has 0 aliphatic carbocycles. The lowest BCUT2D eigenvalue weighted by Crippen LogP contribution is -2.32. The van der Waals surface area contributed by atoms with E-state index in [2.05, 4.69) is 22.4 Å². The maximum atomic E-state index is 11.3. The molecule has 1 rings (SSSR count). The minimum absolute atomic E-state index is 0.343. The molecule has 0 bridgehead atoms. The van der Waals surface area contributed by atoms with Crippen molar-refractivity contribution in [1.29, 1.82) is 0 Å². The first-order chi connectivity index (χ1) is 7.17. The highest BCUT2D eigenvalue weighted by atomic mass is 32.1. The molecule has 0 aliphatic rings. The summed E-state index contributed by atoms with van der Waals surface area (Å²) in [7, 11) is 0. The molecule has 78 valence electrons. The second-order valence-electron chi connectivity index (χ2n) is 3.09. The average molecular weight is 221 g/mol. The van der Waals surface area contributed by atoms with Crippen molar-refractivity contribution in [3.8, 4) is 0 Å². The van der Waals surface area contributed by atoms with Crippen LogP contribution in [0.1, 0.15) is 18.9 Å². The van der Waals surface area contributed by atoms with Gasteiger partial charge in [0.05, 0.1) is 5.16 Å². The van der Waals surface area contributed by atoms with Gasteiger partial charge in [0.2, 0.25) is 0 Å². The second-order valence-corrected chi connectivity index (χ2v) is 3.27. The summed E-state index contributed by atoms with van der Waals surface area (Å²) in [6, 6.07) is 8.84. The largest absolute Gasteiger partial charge is 0.479 e. The normalized spacial score (nSPS) is 13.7. The smallest absolute Gasteiger partial charge is 0.337 e. The zero-order chi connectivity index (χ0) is 11.3. The molecule has 0 heterocycles. The SMILES string of the molecule is CCC(N=C=S)(C(=O)O)c1ccccc1. The monoisotopic (exact) mass is 221 g/mol. The molecule has 15 heavy (non-hydrogen) atoms. The van der Waals surface area contributed by atoms with Crippen molar-refractivity contribution < 1.29 is 9.90 Å². The van der Waals surface area contributed by atoms with Crippen molar-refractivity contribution in [1.82, 2.24) is 0 Å². The van der Waals surface area contributed by atoms with Crippen LogP contribution in [0, 0.1) is 0 Å². The van der Waals surface area contributed by atoms with Crippen LogP contribution in [0.2, 0.25) is 0 Å². The lowest BCUT2D eigenvalue weighted by Gasteiger charge is -2.22. The number of carboxylic acids is 1. The van der Waals surface area contributed by atoms with Crippen molar-refractivity contribution in [3.63, 3.8) is 0 Å². The van der Waals surface area contributed by atoms with Crippen molar-refractivity contribution >= 4 is 23.3 Å². The summed E-state index contributed by atoms with van der Waals surface area (Å²) in [6.07, 6.45) is 0.343. The van der Waals surface area contributed by atoms with Gasteiger partial charge in [-0.15, -0.1) is 0 Å². The van der Waals surface area contributed by atoms with Crippen molar-refractivity contribution in [3.05, 3.63) is 35.9 Å². The summed E-state index contributed by atoms with van der Waals surface area (Å²) in [4.78, 5) is 15.1. The van der Waals surface area contributed by atoms with Gasteiger partial charge in [0.1, 0.15) is 0 Å². The summed E-state index contributed by atoms with van der Waals surface area (Å²) in [5.41, 5.74) is -0.666. The molecule has 1 unspecified atom stereocenters. The first kappa shape index (κ1) is 11.6. The molecule has 0 aromatic heterocycles. The lowest BCUT2D eigenvalue weighted by atomic mass is 9.88. The number of benzene rings is 1. The highest BCUT2D eigenvalue weighted by molar-refractivity contribution is 7.78. The number of thiocarbonyl (C=S) groups is 1. The summed E-state index contributed by atoms with van der Waals surface area (Å²) in [5.74, 6) is -1.01. The zero-order valence-electron chi connectivity index (χ0n) is 8.30. The number of carbonyl (C=O) groups is 1. The minimum Gasteiger partial charge on any atom is -0.479 e. The molecule has 3 nitrogen and oxygen atoms in total. The van der Waals surface area contributed by atoms with E-state index >= 15 is 0 Å². The number of carboxylic acid groups (broad SMARTS) is 1. The topological polar surface area (TPSA) is 49.7 Å². The van der Waals surface area contributed by atoms with Crippen molar-refractivity contribution in [2.75, 3.05) is 0 Å². The van der Waals surface area contributed by atoms with Gasteiger partial charge in [-0.25, -0.2) is 9.79 Å². The highest BCUT2D eigenvalue weighted by Gasteiger charge is 2.38. The quantitative estimate of drug-likeness (QED) is 0.627. The fourth-order valence-corrected chi connectivity index (χ4v) is 1.62. The van der Waals surface area contributed by atoms with E-state index in [1.807, 2.05) is 6.07 Å². The minimum atomic E-state index is -1.29. The van der Waals surface area contributed by atoms with Gasteiger partial charge in [0.25, 0.3) is 0 Å². The number of hydrogen-bond donors (Lipinski definition) is 1. The first-order valence-electron chi connectivity index (χ1n) is 4.55. The van der Waals surface area contributed by atoms with Gasteiger partial charge in [-0.3, -0.25) is 0 Å². The highest BCUT2D eigenvalue weighted by Crippen LogP contribution is 2.29. The lowest BCUT2D eigenvalue weighted by molar-refractivity contribution is -0.143. The van der Waals surface area contributed by atoms with Gasteiger partial charge in [-0.1, -0.05) is 37.3 Å². The average Bonchev–Trinajstić information content (AvgIpc) is 2.26. The van der Waals surface area contributed by atoms with E-state index in [0.717, 1.165) is 0 Å². The molecule has 1 aromatic carbocycles. The van der Waals surface area contributed by atoms with Crippen LogP contribution in [0.25, 0.3) is 0 Å². The van der Waals surface area contributed by atoms with E-state index in [4.69, 9.17) is 0 Å². The van der Waals surface area contributed by atoms with Gasteiger partial charge in [-0.2, -0.15) is 0 Å². The molecule has 0 saturated heterocycles. The molecule has 0 fully saturated rings. The Balaban J connectivity index is 3.34. The molecule has 4 heteroatoms. The van der Waals surface area contributed by atoms with Crippen LogP contribution >= 0.6 is 12.2 Å². The van der Waals surface area contributed by atoms with Crippen molar-refractivity contribution in [2.24, 2.45) is 4.99 Å². The van der Waals surface area contributed by atoms with Gasteiger partial charge in [0, 0.05) is 0 Å². The third-order valence-corrected chi connectivity index (χ3v) is 2.44. The van der Waals surface area contributed by atoms with Crippen molar-refractivity contribution in [2.45, 2.75) is 18.9 Å². The summed E-state index contributed by atoms with van der Waals surface area (Å²) >= 11 is 4.51. The summed E-state index contributed by atoms with van der Waals surface area (Å²) in [5, 5.41) is 11.4. The Morgan fingerprint density at radius 1 is 1.53 bits per heavy atom. The molecule has 0 radical (unpaired) electrons. The van der Waals surface area contributed by atoms with Crippen LogP contribution in [0.4, 0.5) is 0 Å². The van der Waals surface area contributed by atoms with Crippen LogP contribution in [-0.2, 0) is 10.3 Å². The number of rotatable bonds is 4. The maximum absolute atomic E-state index is 11.3. The van der Waals surface area contributed by atoms with E-state index in [1.54, 1.807) is 31.2 Å². The number of aliphatic carboxylic acids is 1. The number of isothiocyanates is 1. The third-order valence-electron chi connectivity index (χ3n) is 2.35. The Hall–Kier alpha value is -1.51. The molecule has 1 atom stereocenters. The second kappa shape index (κ2) is 4.82. The predicted molar refractivity (Wildman–Crippen MR) is 61.1 cm³/mol. The Labute approximate surface area is 93.5 Å². The Kier molecular flexibility index (Phi) is 3.72. The van der Waals surface area contributed by atoms with Crippen LogP contribution in [-0.4, -0.2) is 16.2 Å². The Bertz CT molecular complexity index is 394. The first-order valence-corrected chi connectivity index (χ1v) is 4.96. The Morgan fingerprint density at radius 3 is 2.53 bits per heavy atom. The van der Waals surface area contributed by atoms with Crippen LogP contribution in [0.3, 0.4) is 0 Å². The number of aliphatic imine (C=N–C) groups is 1. The van der Waals surface area contributed by atoms with E-state index in [-0.39, 0.29) is 0 Å². The fourth-order valence-electron chi connectivity index (χ4n) is 1.46. The standard InChI is InChI=1S/C11H11NO2S/c1-2-11(10(13)14,12-8-15)9-6-4-3-5-7-9/h3-7H,2H2,1H3,(H,13,14). The Morgan fingerprint density at radius 2 is 2.13 bits per heavy atom. The van der Waals surface area contributed by atoms with Gasteiger partial charge in [-0.05, 0) is 24.2 Å². The van der Waals surface area contributed by atoms with Gasteiger partial charge < -0.3 is 5.11 Å². The molecule has 1 N–H and O–H groups in total. The summed E-state index contributed by atoms with van der Waals surface area (Å²) < 4.78 is 0. The summed E-state index contributed by atoms with van der Waals surface area (Å²) in [6.45, 7) is 1.76. The van der Waals surface area contributed by atoms with Crippen LogP contribution < -0.4 is 0 Å². The van der Waals surface area contributed by atoms with E-state index in [0.29, 0.717) is 12.0 Å². The molecule has 1 aromatic rings. The van der Waals surface area contributed by atoms with Crippen LogP contribution in [0.15, 0.2) is 35.3 Å². The zero-order valence-corrected chi connectivity index (χ0v) is 9.12. The predicted octanol–water partition coefficient (Wildman–Crippen LogP) is 2.48. The maximum Gasteiger partial charge on any atom is 0.337 e. The molecular weight excluding hydrogens is 210 g/mol. The van der Waals surface area contributed by atoms with Gasteiger partial charge >= 0.3 is 5.97 Å². The third kappa shape index (κ3) is 2.12. The molecular formula is C11H11NO2S. The molecule has 0 spiro atoms. The molecule has 0 saturated carbocycles. The molecule has 0 amide bonds. The number of hydrogen-bond acceptors (Lipinski definition) is 3. The van der Waals surface area contributed by atoms with E-state index < -0.39 is 11.5 Å². The van der Waals surface area contributed by atoms with E-state index in [1.165, 1.54) is 0 Å². The van der Waals surface area contributed by atoms with Gasteiger partial charge in [0.15, 0.2) is 5.54 Å². The van der Waals surface area contributed by atoms with E-state index in [9.17, 15) is 9.90 Å². The fraction of sp³-hybridized carbons (Fsp3) is 0.273. The van der Waals surface area contributed by atoms with Crippen LogP contribution in [0.5, 0.6) is 0 Å². The number of nitrogens with zero attached hydrogens (tertiary/aromatic N) is 1. The molecule has 0 aliphatic heterocycles.